The molecule has 1 unspecified atom stereocenters. The molecule has 0 aliphatic carbocycles. The number of esters is 4. The Labute approximate surface area is 249 Å². The van der Waals surface area contributed by atoms with E-state index in [-0.39, 0.29) is 49.9 Å². The van der Waals surface area contributed by atoms with Crippen LogP contribution in [0.25, 0.3) is 0 Å². The van der Waals surface area contributed by atoms with E-state index in [9.17, 15) is 29.1 Å². The third kappa shape index (κ3) is 10.6. The van der Waals surface area contributed by atoms with Crippen molar-refractivity contribution in [3.63, 3.8) is 0 Å². The molecular weight excluding hydrogens is 572 g/mol. The molecule has 0 saturated carbocycles. The van der Waals surface area contributed by atoms with Crippen LogP contribution in [0.5, 0.6) is 11.5 Å². The number of carbonyl (C=O) groups is 5. The van der Waals surface area contributed by atoms with Gasteiger partial charge in [0.25, 0.3) is 0 Å². The number of hydrogen-bond acceptors (Lipinski definition) is 13. The molecule has 0 aromatic heterocycles. The van der Waals surface area contributed by atoms with E-state index in [2.05, 4.69) is 0 Å². The second-order valence-corrected chi connectivity index (χ2v) is 10.7. The maximum Gasteiger partial charge on any atom is 0.342 e. The number of hydrogen-bond donors (Lipinski definition) is 1. The summed E-state index contributed by atoms with van der Waals surface area (Å²) in [6.07, 6.45) is 1.78. The van der Waals surface area contributed by atoms with Crippen LogP contribution in [0.2, 0.25) is 0 Å². The number of methoxy groups -OCH3 is 1. The van der Waals surface area contributed by atoms with E-state index in [0.29, 0.717) is 35.5 Å². The maximum atomic E-state index is 12.3. The highest BCUT2D eigenvalue weighted by Gasteiger charge is 2.32. The van der Waals surface area contributed by atoms with E-state index in [1.165, 1.54) is 21.0 Å². The minimum atomic E-state index is -0.924. The molecule has 42 heavy (non-hydrogen) atoms. The third-order valence-corrected chi connectivity index (χ3v) is 7.30. The number of fused-ring (bicyclic) bond motifs is 1. The smallest absolute Gasteiger partial charge is 0.342 e. The van der Waals surface area contributed by atoms with Gasteiger partial charge in [-0.3, -0.25) is 19.2 Å². The highest BCUT2D eigenvalue weighted by molar-refractivity contribution is 7.95. The largest absolute Gasteiger partial charge is 0.507 e. The third-order valence-electron chi connectivity index (χ3n) is 6.29. The van der Waals surface area contributed by atoms with Crippen LogP contribution in [-0.4, -0.2) is 67.1 Å². The first-order valence-electron chi connectivity index (χ1n) is 13.4. The number of ether oxygens (including phenoxy) is 5. The van der Waals surface area contributed by atoms with Gasteiger partial charge in [-0.2, -0.15) is 0 Å². The van der Waals surface area contributed by atoms with Crippen LogP contribution < -0.4 is 4.74 Å². The molecular formula is C29H38O12S. The molecule has 1 heterocycles. The summed E-state index contributed by atoms with van der Waals surface area (Å²) in [6, 6.07) is 0. The highest BCUT2D eigenvalue weighted by atomic mass is 32.2. The first-order chi connectivity index (χ1) is 19.8. The van der Waals surface area contributed by atoms with Crippen LogP contribution in [0, 0.1) is 12.8 Å². The molecule has 0 radical (unpaired) electrons. The summed E-state index contributed by atoms with van der Waals surface area (Å²) in [4.78, 5) is 58.7. The second-order valence-electron chi connectivity index (χ2n) is 9.94. The average molecular weight is 611 g/mol. The van der Waals surface area contributed by atoms with Gasteiger partial charge < -0.3 is 33.0 Å². The number of aromatic hydroxyl groups is 1. The molecule has 12 nitrogen and oxygen atoms in total. The Morgan fingerprint density at radius 2 is 1.69 bits per heavy atom. The quantitative estimate of drug-likeness (QED) is 0.124. The topological polar surface area (TPSA) is 161 Å². The summed E-state index contributed by atoms with van der Waals surface area (Å²) >= 11 is 0.932. The minimum Gasteiger partial charge on any atom is -0.507 e. The molecule has 0 fully saturated rings. The Balaban J connectivity index is 1.78. The van der Waals surface area contributed by atoms with Crippen LogP contribution in [0.3, 0.4) is 0 Å². The van der Waals surface area contributed by atoms with Crippen molar-refractivity contribution in [2.45, 2.75) is 73.0 Å². The van der Waals surface area contributed by atoms with E-state index >= 15 is 0 Å². The zero-order valence-corrected chi connectivity index (χ0v) is 25.6. The standard InChI is InChI=1S/C29H38O12S/c1-16(7-9-22-27(34)26-23(14-39-29(26)35)18(3)28(22)36-6)8-10-24(32)41-42-15-17(2)11-25(33)40-21(12-37-19(4)30)13-38-20(5)31/h7,17,21,34H,8-15H2,1-6H3/b16-7+. The van der Waals surface area contributed by atoms with Crippen molar-refractivity contribution in [1.29, 1.82) is 0 Å². The van der Waals surface area contributed by atoms with Gasteiger partial charge in [-0.05, 0) is 38.2 Å². The molecule has 2 rings (SSSR count). The van der Waals surface area contributed by atoms with Crippen molar-refractivity contribution in [2.75, 3.05) is 26.1 Å². The zero-order chi connectivity index (χ0) is 31.4. The van der Waals surface area contributed by atoms with Crippen LogP contribution in [0.1, 0.15) is 74.0 Å². The monoisotopic (exact) mass is 610 g/mol. The van der Waals surface area contributed by atoms with E-state index in [1.807, 2.05) is 19.9 Å². The first kappa shape index (κ1) is 34.5. The van der Waals surface area contributed by atoms with Gasteiger partial charge in [0.15, 0.2) is 6.10 Å². The van der Waals surface area contributed by atoms with Crippen LogP contribution in [0.4, 0.5) is 0 Å². The lowest BCUT2D eigenvalue weighted by molar-refractivity contribution is -0.166. The predicted octanol–water partition coefficient (Wildman–Crippen LogP) is 3.90. The maximum absolute atomic E-state index is 12.3. The molecule has 1 aliphatic heterocycles. The molecule has 0 amide bonds. The van der Waals surface area contributed by atoms with Gasteiger partial charge in [0, 0.05) is 37.1 Å². The van der Waals surface area contributed by atoms with Crippen molar-refractivity contribution in [3.8, 4) is 11.5 Å². The number of cyclic esters (lactones) is 1. The molecule has 1 atom stereocenters. The summed E-state index contributed by atoms with van der Waals surface area (Å²) < 4.78 is 30.7. The second kappa shape index (κ2) is 16.6. The lowest BCUT2D eigenvalue weighted by Gasteiger charge is -2.18. The molecule has 1 aromatic rings. The zero-order valence-electron chi connectivity index (χ0n) is 24.7. The van der Waals surface area contributed by atoms with Crippen molar-refractivity contribution >= 4 is 41.9 Å². The fraction of sp³-hybridized carbons (Fsp3) is 0.552. The van der Waals surface area contributed by atoms with E-state index in [1.54, 1.807) is 6.92 Å². The molecule has 0 bridgehead atoms. The Kier molecular flexibility index (Phi) is 13.7. The Morgan fingerprint density at radius 3 is 2.29 bits per heavy atom. The van der Waals surface area contributed by atoms with Crippen LogP contribution in [-0.2, 0) is 55.3 Å². The number of rotatable bonds is 16. The lowest BCUT2D eigenvalue weighted by atomic mass is 9.94. The molecule has 0 spiro atoms. The molecule has 0 saturated heterocycles. The molecule has 1 aliphatic rings. The van der Waals surface area contributed by atoms with E-state index in [0.717, 1.165) is 23.2 Å². The van der Waals surface area contributed by atoms with Crippen molar-refractivity contribution in [2.24, 2.45) is 5.92 Å². The number of phenolic OH excluding ortho intramolecular Hbond substituents is 1. The minimum absolute atomic E-state index is 0.0131. The molecule has 1 aromatic carbocycles. The van der Waals surface area contributed by atoms with Gasteiger partial charge in [-0.15, -0.1) is 0 Å². The predicted molar refractivity (Wildman–Crippen MR) is 151 cm³/mol. The summed E-state index contributed by atoms with van der Waals surface area (Å²) in [5.74, 6) is -2.20. The van der Waals surface area contributed by atoms with Gasteiger partial charge in [0.2, 0.25) is 0 Å². The SMILES string of the molecule is COc1c(C)c2c(c(O)c1C/C=C(\C)CCC(=O)OSCC(C)CC(=O)OC(COC(C)=O)COC(C)=O)C(=O)OC2. The number of allylic oxidation sites excluding steroid dienone is 2. The molecule has 13 heteroatoms. The van der Waals surface area contributed by atoms with Gasteiger partial charge in [-0.1, -0.05) is 18.6 Å². The average Bonchev–Trinajstić information content (AvgIpc) is 3.31. The molecule has 232 valence electrons. The Bertz CT molecular complexity index is 1190. The number of benzene rings is 1. The van der Waals surface area contributed by atoms with E-state index < -0.39 is 36.0 Å². The van der Waals surface area contributed by atoms with Gasteiger partial charge in [-0.25, -0.2) is 4.79 Å². The number of phenols is 1. The molecule has 1 N–H and O–H groups in total. The summed E-state index contributed by atoms with van der Waals surface area (Å²) in [5, 5.41) is 10.7. The fourth-order valence-corrected chi connectivity index (χ4v) is 4.71. The van der Waals surface area contributed by atoms with Crippen LogP contribution in [0.15, 0.2) is 11.6 Å². The van der Waals surface area contributed by atoms with Crippen molar-refractivity contribution < 1.29 is 56.9 Å². The Hall–Kier alpha value is -3.74. The number of carbonyl (C=O) groups excluding carboxylic acids is 5. The van der Waals surface area contributed by atoms with Crippen LogP contribution >= 0.6 is 12.0 Å². The van der Waals surface area contributed by atoms with Gasteiger partial charge >= 0.3 is 29.8 Å². The fourth-order valence-electron chi connectivity index (χ4n) is 4.08. The van der Waals surface area contributed by atoms with E-state index in [4.69, 9.17) is 27.9 Å². The first-order valence-corrected chi connectivity index (χ1v) is 14.3. The van der Waals surface area contributed by atoms with Crippen molar-refractivity contribution in [3.05, 3.63) is 33.9 Å². The normalized spacial score (nSPS) is 13.2. The highest BCUT2D eigenvalue weighted by Crippen LogP contribution is 2.42. The summed E-state index contributed by atoms with van der Waals surface area (Å²) in [5.41, 5.74) is 2.88. The summed E-state index contributed by atoms with van der Waals surface area (Å²) in [6.45, 7) is 7.49. The van der Waals surface area contributed by atoms with Gasteiger partial charge in [0.05, 0.1) is 25.6 Å². The van der Waals surface area contributed by atoms with Crippen molar-refractivity contribution in [1.82, 2.24) is 0 Å². The Morgan fingerprint density at radius 1 is 1.05 bits per heavy atom. The summed E-state index contributed by atoms with van der Waals surface area (Å²) in [7, 11) is 1.50. The van der Waals surface area contributed by atoms with Gasteiger partial charge in [0.1, 0.15) is 36.9 Å². The lowest BCUT2D eigenvalue weighted by Crippen LogP contribution is -2.30.